The number of aliphatic carboxylic acids is 1. The normalized spacial score (nSPS) is 14.8. The zero-order valence-corrected chi connectivity index (χ0v) is 25.2. The van der Waals surface area contributed by atoms with E-state index in [1.54, 1.807) is 20.8 Å². The van der Waals surface area contributed by atoms with Crippen LogP contribution in [0, 0.1) is 5.92 Å². The summed E-state index contributed by atoms with van der Waals surface area (Å²) in [7, 11) is 0. The third-order valence-corrected chi connectivity index (χ3v) is 6.71. The van der Waals surface area contributed by atoms with Gasteiger partial charge in [-0.2, -0.15) is 11.8 Å². The first-order valence-corrected chi connectivity index (χ1v) is 14.4. The van der Waals surface area contributed by atoms with Crippen LogP contribution in [0.3, 0.4) is 0 Å². The van der Waals surface area contributed by atoms with Gasteiger partial charge in [-0.15, -0.1) is 0 Å². The van der Waals surface area contributed by atoms with Crippen LogP contribution < -0.4 is 10.6 Å². The smallest absolute Gasteiger partial charge is 0.408 e. The van der Waals surface area contributed by atoms with Crippen LogP contribution in [-0.2, 0) is 14.3 Å². The second kappa shape index (κ2) is 18.1. The summed E-state index contributed by atoms with van der Waals surface area (Å²) < 4.78 is 5.27. The van der Waals surface area contributed by atoms with Gasteiger partial charge in [0.25, 0.3) is 0 Å². The Morgan fingerprint density at radius 1 is 0.946 bits per heavy atom. The molecule has 0 saturated carbocycles. The molecule has 0 fully saturated rings. The summed E-state index contributed by atoms with van der Waals surface area (Å²) in [6.07, 6.45) is 10.7. The van der Waals surface area contributed by atoms with Crippen LogP contribution >= 0.6 is 11.8 Å². The monoisotopic (exact) mass is 538 g/mol. The summed E-state index contributed by atoms with van der Waals surface area (Å²) in [5.74, 6) is -0.916. The molecule has 0 saturated heterocycles. The van der Waals surface area contributed by atoms with Gasteiger partial charge in [-0.1, -0.05) is 55.2 Å². The Bertz CT molecular complexity index is 823. The van der Waals surface area contributed by atoms with Gasteiger partial charge in [0.1, 0.15) is 17.7 Å². The van der Waals surface area contributed by atoms with Gasteiger partial charge >= 0.3 is 12.1 Å². The van der Waals surface area contributed by atoms with Crippen molar-refractivity contribution in [1.82, 2.24) is 10.6 Å². The van der Waals surface area contributed by atoms with E-state index in [-0.39, 0.29) is 11.7 Å². The maximum absolute atomic E-state index is 12.9. The summed E-state index contributed by atoms with van der Waals surface area (Å²) in [5, 5.41) is 14.8. The van der Waals surface area contributed by atoms with E-state index in [1.165, 1.54) is 28.5 Å². The maximum atomic E-state index is 12.9. The molecule has 0 rings (SSSR count). The van der Waals surface area contributed by atoms with Crippen molar-refractivity contribution in [2.45, 2.75) is 112 Å². The van der Waals surface area contributed by atoms with Crippen LogP contribution in [0.15, 0.2) is 34.9 Å². The zero-order chi connectivity index (χ0) is 28.6. The van der Waals surface area contributed by atoms with Crippen LogP contribution in [0.25, 0.3) is 0 Å². The molecule has 0 aliphatic heterocycles. The van der Waals surface area contributed by atoms with Crippen LogP contribution in [0.2, 0.25) is 0 Å². The van der Waals surface area contributed by atoms with Gasteiger partial charge in [-0.25, -0.2) is 9.59 Å². The third kappa shape index (κ3) is 17.8. The molecule has 0 spiro atoms. The van der Waals surface area contributed by atoms with Crippen molar-refractivity contribution in [2.24, 2.45) is 5.92 Å². The molecule has 8 heteroatoms. The average molecular weight is 539 g/mol. The molecule has 0 aliphatic carbocycles. The minimum absolute atomic E-state index is 0.190. The molecule has 37 heavy (non-hydrogen) atoms. The number of thioether (sulfide) groups is 1. The van der Waals surface area contributed by atoms with E-state index < -0.39 is 35.7 Å². The average Bonchev–Trinajstić information content (AvgIpc) is 2.77. The van der Waals surface area contributed by atoms with Gasteiger partial charge in [0.2, 0.25) is 5.91 Å². The van der Waals surface area contributed by atoms with Gasteiger partial charge < -0.3 is 20.5 Å². The molecule has 0 bridgehead atoms. The highest BCUT2D eigenvalue weighted by Crippen LogP contribution is 2.14. The van der Waals surface area contributed by atoms with Gasteiger partial charge in [0, 0.05) is 11.5 Å². The highest BCUT2D eigenvalue weighted by molar-refractivity contribution is 7.99. The van der Waals surface area contributed by atoms with Crippen molar-refractivity contribution in [3.8, 4) is 0 Å². The number of hydrogen-bond donors (Lipinski definition) is 3. The van der Waals surface area contributed by atoms with Crippen LogP contribution in [0.1, 0.15) is 94.4 Å². The second-order valence-corrected chi connectivity index (χ2v) is 12.0. The minimum atomic E-state index is -1.10. The molecule has 0 heterocycles. The van der Waals surface area contributed by atoms with Crippen molar-refractivity contribution in [3.05, 3.63) is 34.9 Å². The summed E-state index contributed by atoms with van der Waals surface area (Å²) in [6.45, 7) is 17.4. The first kappa shape index (κ1) is 34.8. The standard InChI is InChI=1S/C29H50N2O5S/c1-10-23(6)25(31-28(35)36-29(7,8)9)26(32)30-24(27(33)34)19-37-18-17-22(5)16-12-15-21(4)14-11-13-20(2)3/h13,15,17,23-25H,10-12,14,16,18-19H2,1-9H3,(H,30,32)(H,31,35)(H,33,34). The number of ether oxygens (including phenoxy) is 1. The fraction of sp³-hybridized carbons (Fsp3) is 0.690. The van der Waals surface area contributed by atoms with Crippen molar-refractivity contribution < 1.29 is 24.2 Å². The molecule has 3 unspecified atom stereocenters. The quantitative estimate of drug-likeness (QED) is 0.150. The number of rotatable bonds is 16. The predicted octanol–water partition coefficient (Wildman–Crippen LogP) is 6.65. The largest absolute Gasteiger partial charge is 0.480 e. The number of carbonyl (C=O) groups is 3. The molecular formula is C29H50N2O5S. The Kier molecular flexibility index (Phi) is 17.0. The summed E-state index contributed by atoms with van der Waals surface area (Å²) in [4.78, 5) is 36.9. The van der Waals surface area contributed by atoms with Crippen LogP contribution in [-0.4, -0.2) is 52.3 Å². The lowest BCUT2D eigenvalue weighted by Crippen LogP contribution is -2.55. The van der Waals surface area contributed by atoms with E-state index in [4.69, 9.17) is 4.74 Å². The molecule has 212 valence electrons. The SMILES string of the molecule is CCC(C)C(NC(=O)OC(C)(C)C)C(=O)NC(CSCC=C(C)CCC=C(C)CCC=C(C)C)C(=O)O. The third-order valence-electron chi connectivity index (χ3n) is 5.74. The Labute approximate surface area is 229 Å². The fourth-order valence-corrected chi connectivity index (χ4v) is 4.30. The van der Waals surface area contributed by atoms with E-state index in [0.29, 0.717) is 12.2 Å². The number of carboxylic acids is 1. The van der Waals surface area contributed by atoms with E-state index in [1.807, 2.05) is 13.8 Å². The van der Waals surface area contributed by atoms with E-state index in [2.05, 4.69) is 56.6 Å². The lowest BCUT2D eigenvalue weighted by molar-refractivity contribution is -0.141. The Hall–Kier alpha value is -2.22. The number of hydrogen-bond acceptors (Lipinski definition) is 5. The number of carbonyl (C=O) groups excluding carboxylic acids is 2. The number of alkyl carbamates (subject to hydrolysis) is 1. The van der Waals surface area contributed by atoms with Crippen molar-refractivity contribution in [1.29, 1.82) is 0 Å². The number of carboxylic acid groups (broad SMARTS) is 1. The minimum Gasteiger partial charge on any atom is -0.480 e. The van der Waals surface area contributed by atoms with Crippen molar-refractivity contribution >= 4 is 29.7 Å². The highest BCUT2D eigenvalue weighted by Gasteiger charge is 2.31. The highest BCUT2D eigenvalue weighted by atomic mass is 32.2. The second-order valence-electron chi connectivity index (χ2n) is 10.9. The molecule has 0 aliphatic rings. The molecule has 0 aromatic rings. The van der Waals surface area contributed by atoms with Crippen LogP contribution in [0.4, 0.5) is 4.79 Å². The fourth-order valence-electron chi connectivity index (χ4n) is 3.30. The van der Waals surface area contributed by atoms with Gasteiger partial charge in [-0.3, -0.25) is 4.79 Å². The first-order valence-electron chi connectivity index (χ1n) is 13.2. The molecule has 0 radical (unpaired) electrons. The molecule has 3 N–H and O–H groups in total. The Balaban J connectivity index is 4.79. The van der Waals surface area contributed by atoms with Gasteiger partial charge in [0.05, 0.1) is 0 Å². The molecule has 0 aromatic heterocycles. The van der Waals surface area contributed by atoms with Crippen LogP contribution in [0.5, 0.6) is 0 Å². The number of nitrogens with one attached hydrogen (secondary N) is 2. The molecule has 0 aromatic carbocycles. The van der Waals surface area contributed by atoms with E-state index >= 15 is 0 Å². The topological polar surface area (TPSA) is 105 Å². The molecule has 2 amide bonds. The summed E-state index contributed by atoms with van der Waals surface area (Å²) >= 11 is 1.46. The Morgan fingerprint density at radius 2 is 1.51 bits per heavy atom. The molecule has 7 nitrogen and oxygen atoms in total. The van der Waals surface area contributed by atoms with E-state index in [0.717, 1.165) is 25.7 Å². The summed E-state index contributed by atoms with van der Waals surface area (Å²) in [5.41, 5.74) is 3.31. The lowest BCUT2D eigenvalue weighted by atomic mass is 9.98. The lowest BCUT2D eigenvalue weighted by Gasteiger charge is -2.27. The molecular weight excluding hydrogens is 488 g/mol. The van der Waals surface area contributed by atoms with Gasteiger partial charge in [0.15, 0.2) is 0 Å². The van der Waals surface area contributed by atoms with Crippen molar-refractivity contribution in [2.75, 3.05) is 11.5 Å². The summed E-state index contributed by atoms with van der Waals surface area (Å²) in [6, 6.07) is -1.93. The van der Waals surface area contributed by atoms with Crippen molar-refractivity contribution in [3.63, 3.8) is 0 Å². The Morgan fingerprint density at radius 3 is 2.03 bits per heavy atom. The number of amides is 2. The molecule has 3 atom stereocenters. The zero-order valence-electron chi connectivity index (χ0n) is 24.4. The predicted molar refractivity (Wildman–Crippen MR) is 155 cm³/mol. The van der Waals surface area contributed by atoms with E-state index in [9.17, 15) is 19.5 Å². The number of allylic oxidation sites excluding steroid dienone is 5. The first-order chi connectivity index (χ1) is 17.2. The van der Waals surface area contributed by atoms with Gasteiger partial charge in [-0.05, 0) is 80.1 Å². The maximum Gasteiger partial charge on any atom is 0.408 e.